The largest absolute Gasteiger partial charge is 0.360 e. The van der Waals surface area contributed by atoms with Gasteiger partial charge in [0, 0.05) is 17.9 Å². The van der Waals surface area contributed by atoms with Crippen molar-refractivity contribution in [1.82, 2.24) is 9.80 Å². The lowest BCUT2D eigenvalue weighted by molar-refractivity contribution is 0.355. The summed E-state index contributed by atoms with van der Waals surface area (Å²) in [5.74, 6) is 0. The molecule has 126 valence electrons. The zero-order valence-corrected chi connectivity index (χ0v) is 14.6. The van der Waals surface area contributed by atoms with Crippen molar-refractivity contribution in [2.45, 2.75) is 6.04 Å². The summed E-state index contributed by atoms with van der Waals surface area (Å²) in [6.07, 6.45) is 8.04. The highest BCUT2D eigenvalue weighted by Crippen LogP contribution is 2.25. The highest BCUT2D eigenvalue weighted by Gasteiger charge is 2.19. The first kappa shape index (κ1) is 16.8. The number of hydrogen-bond acceptors (Lipinski definition) is 2. The molecular weight excluding hydrogens is 304 g/mol. The van der Waals surface area contributed by atoms with Crippen molar-refractivity contribution >= 4 is 16.5 Å². The van der Waals surface area contributed by atoms with Crippen LogP contribution < -0.4 is 0 Å². The van der Waals surface area contributed by atoms with Gasteiger partial charge in [-0.2, -0.15) is 0 Å². The predicted octanol–water partition coefficient (Wildman–Crippen LogP) is 5.20. The Bertz CT molecular complexity index is 859. The Hall–Kier alpha value is -3.00. The molecule has 0 saturated heterocycles. The Morgan fingerprint density at radius 1 is 1.12 bits per heavy atom. The summed E-state index contributed by atoms with van der Waals surface area (Å²) in [5.41, 5.74) is 3.03. The Labute approximate surface area is 150 Å². The molecule has 25 heavy (non-hydrogen) atoms. The molecule has 0 bridgehead atoms. The minimum Gasteiger partial charge on any atom is -0.360 e. The number of benzene rings is 2. The summed E-state index contributed by atoms with van der Waals surface area (Å²) >= 11 is 0. The van der Waals surface area contributed by atoms with E-state index in [-0.39, 0.29) is 6.04 Å². The molecule has 0 N–H and O–H groups in total. The molecule has 0 aliphatic carbocycles. The summed E-state index contributed by atoms with van der Waals surface area (Å²) < 4.78 is 0. The van der Waals surface area contributed by atoms with Gasteiger partial charge in [-0.3, -0.25) is 0 Å². The fourth-order valence-electron chi connectivity index (χ4n) is 3.18. The van der Waals surface area contributed by atoms with Gasteiger partial charge >= 0.3 is 0 Å². The van der Waals surface area contributed by atoms with Crippen LogP contribution in [0.2, 0.25) is 0 Å². The maximum atomic E-state index is 4.28. The second-order valence-corrected chi connectivity index (χ2v) is 6.19. The van der Waals surface area contributed by atoms with Crippen molar-refractivity contribution in [3.05, 3.63) is 104 Å². The Kier molecular flexibility index (Phi) is 4.90. The molecule has 2 nitrogen and oxygen atoms in total. The molecule has 0 radical (unpaired) electrons. The average molecular weight is 328 g/mol. The molecule has 0 aromatic heterocycles. The first-order valence-electron chi connectivity index (χ1n) is 8.45. The minimum absolute atomic E-state index is 0.216. The highest BCUT2D eigenvalue weighted by molar-refractivity contribution is 5.85. The maximum absolute atomic E-state index is 4.28. The first-order chi connectivity index (χ1) is 12.1. The fraction of sp³-hybridized carbons (Fsp3) is 0.130. The average Bonchev–Trinajstić information content (AvgIpc) is 3.14. The van der Waals surface area contributed by atoms with Crippen molar-refractivity contribution in [2.75, 3.05) is 13.1 Å². The van der Waals surface area contributed by atoms with Gasteiger partial charge in [-0.05, 0) is 28.6 Å². The maximum Gasteiger partial charge on any atom is 0.0656 e. The molecule has 1 atom stereocenters. The van der Waals surface area contributed by atoms with E-state index < -0.39 is 0 Å². The smallest absolute Gasteiger partial charge is 0.0656 e. The molecule has 0 fully saturated rings. The summed E-state index contributed by atoms with van der Waals surface area (Å²) in [5, 5.41) is 2.44. The standard InChI is InChI=1S/C23H24N2/c1-5-23-12-9-15-25(23)18(3)17-24(6-2)19(4)21-14-13-20-10-7-8-11-22(20)16-21/h5-14,16,23H,1-4,15,17H2. The quantitative estimate of drug-likeness (QED) is 0.645. The van der Waals surface area contributed by atoms with Gasteiger partial charge < -0.3 is 9.80 Å². The van der Waals surface area contributed by atoms with Crippen LogP contribution in [0, 0.1) is 0 Å². The van der Waals surface area contributed by atoms with Crippen molar-refractivity contribution in [2.24, 2.45) is 0 Å². The van der Waals surface area contributed by atoms with Gasteiger partial charge in [-0.1, -0.05) is 74.4 Å². The summed E-state index contributed by atoms with van der Waals surface area (Å²) in [6, 6.07) is 15.0. The third-order valence-electron chi connectivity index (χ3n) is 4.65. The van der Waals surface area contributed by atoms with Crippen molar-refractivity contribution in [3.63, 3.8) is 0 Å². The fourth-order valence-corrected chi connectivity index (χ4v) is 3.18. The molecule has 0 amide bonds. The van der Waals surface area contributed by atoms with E-state index in [9.17, 15) is 0 Å². The lowest BCUT2D eigenvalue weighted by Crippen LogP contribution is -2.32. The van der Waals surface area contributed by atoms with Gasteiger partial charge in [0.15, 0.2) is 0 Å². The molecule has 2 aromatic rings. The van der Waals surface area contributed by atoms with Crippen LogP contribution in [0.5, 0.6) is 0 Å². The Balaban J connectivity index is 1.77. The van der Waals surface area contributed by atoms with E-state index in [0.29, 0.717) is 6.54 Å². The van der Waals surface area contributed by atoms with Gasteiger partial charge in [-0.25, -0.2) is 0 Å². The third-order valence-corrected chi connectivity index (χ3v) is 4.65. The zero-order valence-electron chi connectivity index (χ0n) is 14.6. The second-order valence-electron chi connectivity index (χ2n) is 6.19. The topological polar surface area (TPSA) is 6.48 Å². The zero-order chi connectivity index (χ0) is 17.8. The summed E-state index contributed by atoms with van der Waals surface area (Å²) in [6.45, 7) is 17.9. The van der Waals surface area contributed by atoms with E-state index in [1.165, 1.54) is 10.8 Å². The molecule has 1 aliphatic heterocycles. The molecule has 2 aromatic carbocycles. The van der Waals surface area contributed by atoms with Crippen LogP contribution in [0.4, 0.5) is 0 Å². The number of rotatable bonds is 7. The number of nitrogens with zero attached hydrogens (tertiary/aromatic N) is 2. The molecule has 2 heteroatoms. The van der Waals surface area contributed by atoms with Gasteiger partial charge in [-0.15, -0.1) is 6.58 Å². The molecule has 3 rings (SSSR count). The van der Waals surface area contributed by atoms with Gasteiger partial charge in [0.1, 0.15) is 0 Å². The Morgan fingerprint density at radius 2 is 1.88 bits per heavy atom. The monoisotopic (exact) mass is 328 g/mol. The van der Waals surface area contributed by atoms with E-state index in [1.54, 1.807) is 0 Å². The molecule has 1 unspecified atom stereocenters. The van der Waals surface area contributed by atoms with Crippen LogP contribution in [0.15, 0.2) is 98.9 Å². The molecule has 0 saturated carbocycles. The van der Waals surface area contributed by atoms with Crippen LogP contribution in [0.25, 0.3) is 16.5 Å². The van der Waals surface area contributed by atoms with E-state index >= 15 is 0 Å². The summed E-state index contributed by atoms with van der Waals surface area (Å²) in [4.78, 5) is 4.28. The van der Waals surface area contributed by atoms with Gasteiger partial charge in [0.05, 0.1) is 12.6 Å². The van der Waals surface area contributed by atoms with E-state index in [2.05, 4.69) is 85.8 Å². The van der Waals surface area contributed by atoms with Crippen LogP contribution in [-0.4, -0.2) is 28.9 Å². The van der Waals surface area contributed by atoms with E-state index in [1.807, 2.05) is 17.2 Å². The SMILES string of the molecule is C=CC1C=CCN1C(=C)CN(C=C)C(=C)c1ccc2ccccc2c1. The lowest BCUT2D eigenvalue weighted by atomic mass is 10.0. The molecular formula is C23H24N2. The van der Waals surface area contributed by atoms with E-state index in [4.69, 9.17) is 0 Å². The lowest BCUT2D eigenvalue weighted by Gasteiger charge is -2.31. The third kappa shape index (κ3) is 3.43. The second kappa shape index (κ2) is 7.27. The van der Waals surface area contributed by atoms with Crippen LogP contribution in [-0.2, 0) is 0 Å². The van der Waals surface area contributed by atoms with Crippen LogP contribution in [0.1, 0.15) is 5.56 Å². The number of fused-ring (bicyclic) bond motifs is 1. The first-order valence-corrected chi connectivity index (χ1v) is 8.45. The van der Waals surface area contributed by atoms with Gasteiger partial charge in [0.2, 0.25) is 0 Å². The van der Waals surface area contributed by atoms with E-state index in [0.717, 1.165) is 23.5 Å². The molecule has 0 spiro atoms. The number of hydrogen-bond donors (Lipinski definition) is 0. The highest BCUT2D eigenvalue weighted by atomic mass is 15.2. The normalized spacial score (nSPS) is 16.0. The van der Waals surface area contributed by atoms with Crippen LogP contribution in [0.3, 0.4) is 0 Å². The van der Waals surface area contributed by atoms with Crippen molar-refractivity contribution < 1.29 is 0 Å². The van der Waals surface area contributed by atoms with Crippen LogP contribution >= 0.6 is 0 Å². The minimum atomic E-state index is 0.216. The van der Waals surface area contributed by atoms with Crippen molar-refractivity contribution in [1.29, 1.82) is 0 Å². The molecule has 1 aliphatic rings. The molecule has 1 heterocycles. The predicted molar refractivity (Wildman–Crippen MR) is 109 cm³/mol. The Morgan fingerprint density at radius 3 is 2.60 bits per heavy atom. The van der Waals surface area contributed by atoms with Gasteiger partial charge in [0.25, 0.3) is 0 Å². The summed E-state index contributed by atoms with van der Waals surface area (Å²) in [7, 11) is 0. The van der Waals surface area contributed by atoms with Crippen molar-refractivity contribution in [3.8, 4) is 0 Å².